The number of rotatable bonds is 18. The molecule has 2 saturated heterocycles. The van der Waals surface area contributed by atoms with Gasteiger partial charge in [-0.15, -0.1) is 0 Å². The number of likely N-dealkylation sites (N-methyl/N-ethyl adjacent to an activating group) is 1. The highest BCUT2D eigenvalue weighted by Gasteiger charge is 2.33. The number of alkyl halides is 2. The molecule has 0 N–H and O–H groups in total. The molecule has 3 aromatic rings. The third-order valence-electron chi connectivity index (χ3n) is 9.91. The van der Waals surface area contributed by atoms with Crippen LogP contribution in [0, 0.1) is 0 Å². The molecule has 2 aliphatic heterocycles. The molecule has 4 heterocycles. The van der Waals surface area contributed by atoms with Crippen LogP contribution in [0.25, 0.3) is 11.0 Å². The molecule has 0 aliphatic carbocycles. The van der Waals surface area contributed by atoms with Crippen LogP contribution in [0.1, 0.15) is 55.1 Å². The Morgan fingerprint density at radius 3 is 1.86 bits per heavy atom. The van der Waals surface area contributed by atoms with Crippen molar-refractivity contribution >= 4 is 46.4 Å². The van der Waals surface area contributed by atoms with Crippen LogP contribution < -0.4 is 19.6 Å². The van der Waals surface area contributed by atoms with Crippen molar-refractivity contribution in [3.63, 3.8) is 0 Å². The molecular weight excluding hydrogens is 744 g/mol. The summed E-state index contributed by atoms with van der Waals surface area (Å²) in [5, 5.41) is 0. The van der Waals surface area contributed by atoms with E-state index in [1.54, 1.807) is 46.5 Å². The number of hydrogen-bond acceptors (Lipinski definition) is 15. The number of hydrogen-bond donors (Lipinski definition) is 0. The lowest BCUT2D eigenvalue weighted by atomic mass is 9.99. The fourth-order valence-corrected chi connectivity index (χ4v) is 6.66. The monoisotopic (exact) mass is 803 g/mol. The number of halogens is 2. The quantitative estimate of drug-likeness (QED) is 0.171. The number of amides is 1. The number of fused-ring (bicyclic) bond motifs is 1. The van der Waals surface area contributed by atoms with Crippen molar-refractivity contribution in [2.45, 2.75) is 52.2 Å². The first-order valence-electron chi connectivity index (χ1n) is 19.3. The summed E-state index contributed by atoms with van der Waals surface area (Å²) in [6, 6.07) is 4.27. The summed E-state index contributed by atoms with van der Waals surface area (Å²) in [7, 11) is 9.47. The van der Waals surface area contributed by atoms with Crippen molar-refractivity contribution < 1.29 is 42.1 Å². The van der Waals surface area contributed by atoms with E-state index in [9.17, 15) is 18.4 Å². The number of piperazine rings is 1. The molecule has 0 atom stereocenters. The van der Waals surface area contributed by atoms with Crippen molar-refractivity contribution in [3.05, 3.63) is 34.9 Å². The highest BCUT2D eigenvalue weighted by atomic mass is 19.3. The van der Waals surface area contributed by atoms with Crippen molar-refractivity contribution in [1.82, 2.24) is 24.8 Å². The van der Waals surface area contributed by atoms with Crippen molar-refractivity contribution in [3.8, 4) is 0 Å². The third kappa shape index (κ3) is 11.3. The minimum absolute atomic E-state index is 0.0645. The lowest BCUT2D eigenvalue weighted by molar-refractivity contribution is -0.129. The average Bonchev–Trinajstić information content (AvgIpc) is 3.22. The zero-order chi connectivity index (χ0) is 41.7. The number of piperidine rings is 1. The van der Waals surface area contributed by atoms with Crippen LogP contribution in [0.4, 0.5) is 32.3 Å². The molecule has 1 amide bonds. The maximum Gasteiger partial charge on any atom is 0.338 e. The van der Waals surface area contributed by atoms with Gasteiger partial charge in [0, 0.05) is 100 Å². The van der Waals surface area contributed by atoms with E-state index in [0.717, 1.165) is 26.9 Å². The Morgan fingerprint density at radius 2 is 1.35 bits per heavy atom. The summed E-state index contributed by atoms with van der Waals surface area (Å²) >= 11 is 0. The number of ether oxygens (including phenoxy) is 5. The molecule has 16 nitrogen and oxygen atoms in total. The topological polar surface area (TPSA) is 148 Å². The number of esters is 1. The normalized spacial score (nSPS) is 15.1. The number of carbonyl (C=O) groups excluding carboxylic acids is 2. The summed E-state index contributed by atoms with van der Waals surface area (Å²) < 4.78 is 56.6. The largest absolute Gasteiger partial charge is 0.465 e. The Kier molecular flexibility index (Phi) is 16.9. The molecule has 2 aromatic heterocycles. The van der Waals surface area contributed by atoms with E-state index in [2.05, 4.69) is 4.90 Å². The van der Waals surface area contributed by atoms with Crippen LogP contribution in [0.15, 0.2) is 18.2 Å². The molecule has 2 fully saturated rings. The Labute approximate surface area is 334 Å². The zero-order valence-electron chi connectivity index (χ0n) is 34.8. The predicted molar refractivity (Wildman–Crippen MR) is 215 cm³/mol. The van der Waals surface area contributed by atoms with Gasteiger partial charge in [-0.1, -0.05) is 19.9 Å². The molecule has 0 spiro atoms. The van der Waals surface area contributed by atoms with E-state index in [1.807, 2.05) is 28.5 Å². The van der Waals surface area contributed by atoms with Gasteiger partial charge >= 0.3 is 5.97 Å². The van der Waals surface area contributed by atoms with Gasteiger partial charge in [0.25, 0.3) is 5.92 Å². The summed E-state index contributed by atoms with van der Waals surface area (Å²) in [6.07, 6.45) is 1.66. The van der Waals surface area contributed by atoms with Crippen molar-refractivity contribution in [2.75, 3.05) is 134 Å². The summed E-state index contributed by atoms with van der Waals surface area (Å²) in [4.78, 5) is 55.6. The number of benzene rings is 1. The Morgan fingerprint density at radius 1 is 0.807 bits per heavy atom. The molecular formula is C39H59F2N9O7. The standard InChI is InChI=1S/C37H53F2N9O7.C2H6/c1-37(38,39)28-22-25(8-9-27(28)34(50)55-7)23-48(18-21-53-5)36-41-30-31(33(43-36)47-15-14-44(2)29(49)24-47)40-35(46(16-19-51-3)17-20-52-4)42-32(30)45-12-10-26(54-6)11-13-45;1-2/h8-9,22,26H,10-21,23-24H2,1-7H3;1-2H3. The minimum atomic E-state index is -3.32. The molecule has 0 radical (unpaired) electrons. The second-order valence-corrected chi connectivity index (χ2v) is 13.7. The summed E-state index contributed by atoms with van der Waals surface area (Å²) in [5.41, 5.74) is 0.769. The third-order valence-corrected chi connectivity index (χ3v) is 9.91. The first kappa shape index (κ1) is 45.2. The van der Waals surface area contributed by atoms with Gasteiger partial charge in [0.2, 0.25) is 17.8 Å². The van der Waals surface area contributed by atoms with E-state index >= 15 is 0 Å². The van der Waals surface area contributed by atoms with Gasteiger partial charge < -0.3 is 48.2 Å². The first-order chi connectivity index (χ1) is 27.4. The van der Waals surface area contributed by atoms with Crippen LogP contribution in [0.5, 0.6) is 0 Å². The van der Waals surface area contributed by atoms with Crippen LogP contribution in [0.2, 0.25) is 0 Å². The molecule has 57 heavy (non-hydrogen) atoms. The minimum Gasteiger partial charge on any atom is -0.465 e. The number of methoxy groups -OCH3 is 5. The Bertz CT molecular complexity index is 1770. The van der Waals surface area contributed by atoms with Crippen molar-refractivity contribution in [2.24, 2.45) is 0 Å². The van der Waals surface area contributed by atoms with Crippen molar-refractivity contribution in [1.29, 1.82) is 0 Å². The average molecular weight is 804 g/mol. The molecule has 316 valence electrons. The molecule has 2 aliphatic rings. The van der Waals surface area contributed by atoms with Gasteiger partial charge in [-0.2, -0.15) is 9.97 Å². The molecule has 0 bridgehead atoms. The molecule has 0 saturated carbocycles. The predicted octanol–water partition coefficient (Wildman–Crippen LogP) is 3.99. The number of carbonyl (C=O) groups is 2. The Balaban J connectivity index is 0.00000354. The Hall–Kier alpha value is -4.52. The molecule has 0 unspecified atom stereocenters. The first-order valence-corrected chi connectivity index (χ1v) is 19.3. The highest BCUT2D eigenvalue weighted by molar-refractivity contribution is 5.97. The van der Waals surface area contributed by atoms with E-state index in [4.69, 9.17) is 43.6 Å². The van der Waals surface area contributed by atoms with Crippen LogP contribution in [0.3, 0.4) is 0 Å². The summed E-state index contributed by atoms with van der Waals surface area (Å²) in [6.45, 7) is 9.55. The van der Waals surface area contributed by atoms with E-state index in [-0.39, 0.29) is 49.8 Å². The van der Waals surface area contributed by atoms with Gasteiger partial charge in [0.15, 0.2) is 11.6 Å². The highest BCUT2D eigenvalue weighted by Crippen LogP contribution is 2.36. The van der Waals surface area contributed by atoms with Gasteiger partial charge in [-0.05, 0) is 30.5 Å². The molecule has 1 aromatic carbocycles. The number of nitrogens with zero attached hydrogens (tertiary/aromatic N) is 9. The lowest BCUT2D eigenvalue weighted by Gasteiger charge is -2.35. The van der Waals surface area contributed by atoms with Crippen LogP contribution >= 0.6 is 0 Å². The van der Waals surface area contributed by atoms with E-state index in [1.165, 1.54) is 12.1 Å². The maximum atomic E-state index is 14.9. The lowest BCUT2D eigenvalue weighted by Crippen LogP contribution is -2.49. The molecule has 18 heteroatoms. The molecule has 5 rings (SSSR count). The van der Waals surface area contributed by atoms with Gasteiger partial charge in [0.05, 0.1) is 45.1 Å². The number of anilines is 4. The zero-order valence-corrected chi connectivity index (χ0v) is 34.8. The van der Waals surface area contributed by atoms with Crippen LogP contribution in [-0.4, -0.2) is 158 Å². The van der Waals surface area contributed by atoms with E-state index in [0.29, 0.717) is 86.7 Å². The smallest absolute Gasteiger partial charge is 0.338 e. The van der Waals surface area contributed by atoms with E-state index < -0.39 is 17.5 Å². The van der Waals surface area contributed by atoms with Gasteiger partial charge in [0.1, 0.15) is 11.0 Å². The second kappa shape index (κ2) is 21.3. The SMILES string of the molecule is CC.COCCN(Cc1ccc(C(=O)OC)c(C(C)(F)F)c1)c1nc(N2CCN(C)C(=O)C2)c2nc(N(CCOC)CCOC)nc(N3CCC(OC)CC3)c2n1. The fourth-order valence-electron chi connectivity index (χ4n) is 6.66. The second-order valence-electron chi connectivity index (χ2n) is 13.7. The van der Waals surface area contributed by atoms with Gasteiger partial charge in [-0.3, -0.25) is 4.79 Å². The fraction of sp³-hybridized carbons (Fsp3) is 0.641. The maximum absolute atomic E-state index is 14.9. The van der Waals surface area contributed by atoms with Gasteiger partial charge in [-0.25, -0.2) is 23.5 Å². The summed E-state index contributed by atoms with van der Waals surface area (Å²) in [5.74, 6) is -2.49. The van der Waals surface area contributed by atoms with Crippen LogP contribution in [-0.2, 0) is 40.9 Å². The number of aromatic nitrogens is 4.